The van der Waals surface area contributed by atoms with Crippen LogP contribution in [0.5, 0.6) is 0 Å². The molecule has 0 saturated carbocycles. The van der Waals surface area contributed by atoms with E-state index in [2.05, 4.69) is 27.0 Å². The number of rotatable bonds is 30. The van der Waals surface area contributed by atoms with Gasteiger partial charge in [-0.25, -0.2) is 0 Å². The van der Waals surface area contributed by atoms with Gasteiger partial charge in [0, 0.05) is 13.2 Å². The van der Waals surface area contributed by atoms with Gasteiger partial charge in [0.05, 0.1) is 0 Å². The van der Waals surface area contributed by atoms with Gasteiger partial charge in [0.1, 0.15) is 0 Å². The molecule has 0 aliphatic carbocycles. The number of ether oxygens (including phenoxy) is 1. The highest BCUT2D eigenvalue weighted by molar-refractivity contribution is 4.51. The first kappa shape index (κ1) is 36.9. The molecule has 0 heterocycles. The van der Waals surface area contributed by atoms with Gasteiger partial charge in [-0.1, -0.05) is 181 Å². The Balaban J connectivity index is 0. The zero-order chi connectivity index (χ0) is 25.9. The molecule has 0 aliphatic rings. The second-order valence-corrected chi connectivity index (χ2v) is 10.8. The fourth-order valence-electron chi connectivity index (χ4n) is 4.90. The van der Waals surface area contributed by atoms with Crippen molar-refractivity contribution in [2.24, 2.45) is 0 Å². The fourth-order valence-corrected chi connectivity index (χ4v) is 4.90. The van der Waals surface area contributed by atoms with Crippen molar-refractivity contribution in [2.75, 3.05) is 13.2 Å². The SMILES string of the molecule is C=C.CCCCCCCCCCCCCCCCOCCCCCCCCCCCCCCCC. The predicted molar refractivity (Wildman–Crippen MR) is 163 cm³/mol. The summed E-state index contributed by atoms with van der Waals surface area (Å²) in [4.78, 5) is 0. The molecule has 0 fully saturated rings. The minimum absolute atomic E-state index is 0.997. The van der Waals surface area contributed by atoms with E-state index < -0.39 is 0 Å². The molecule has 0 aromatic carbocycles. The van der Waals surface area contributed by atoms with Gasteiger partial charge in [-0.2, -0.15) is 0 Å². The lowest BCUT2D eigenvalue weighted by Crippen LogP contribution is -1.97. The van der Waals surface area contributed by atoms with Crippen molar-refractivity contribution in [1.82, 2.24) is 0 Å². The molecule has 0 aliphatic heterocycles. The van der Waals surface area contributed by atoms with Gasteiger partial charge in [-0.15, -0.1) is 13.2 Å². The highest BCUT2D eigenvalue weighted by atomic mass is 16.5. The van der Waals surface area contributed by atoms with Gasteiger partial charge in [0.2, 0.25) is 0 Å². The molecular weight excluding hydrogens is 424 g/mol. The van der Waals surface area contributed by atoms with Crippen LogP contribution in [0.4, 0.5) is 0 Å². The number of unbranched alkanes of at least 4 members (excludes halogenated alkanes) is 26. The molecule has 0 rings (SSSR count). The van der Waals surface area contributed by atoms with Crippen LogP contribution in [0.2, 0.25) is 0 Å². The van der Waals surface area contributed by atoms with E-state index in [1.165, 1.54) is 180 Å². The summed E-state index contributed by atoms with van der Waals surface area (Å²) in [5, 5.41) is 0. The van der Waals surface area contributed by atoms with Crippen LogP contribution in [-0.4, -0.2) is 13.2 Å². The maximum absolute atomic E-state index is 5.85. The molecule has 0 amide bonds. The number of hydrogen-bond donors (Lipinski definition) is 0. The van der Waals surface area contributed by atoms with E-state index in [9.17, 15) is 0 Å². The van der Waals surface area contributed by atoms with E-state index in [-0.39, 0.29) is 0 Å². The Morgan fingerprint density at radius 3 is 0.657 bits per heavy atom. The summed E-state index contributed by atoms with van der Waals surface area (Å²) < 4.78 is 5.85. The number of hydrogen-bond acceptors (Lipinski definition) is 1. The monoisotopic (exact) mass is 495 g/mol. The Kier molecular flexibility index (Phi) is 40.3. The van der Waals surface area contributed by atoms with Crippen LogP contribution in [-0.2, 0) is 4.74 Å². The van der Waals surface area contributed by atoms with Crippen LogP contribution >= 0.6 is 0 Å². The molecule has 1 nitrogen and oxygen atoms in total. The largest absolute Gasteiger partial charge is 0.381 e. The summed E-state index contributed by atoms with van der Waals surface area (Å²) in [5.41, 5.74) is 0. The minimum Gasteiger partial charge on any atom is -0.381 e. The fraction of sp³-hybridized carbons (Fsp3) is 0.941. The second kappa shape index (κ2) is 38.2. The highest BCUT2D eigenvalue weighted by Crippen LogP contribution is 2.14. The van der Waals surface area contributed by atoms with Crippen molar-refractivity contribution >= 4 is 0 Å². The van der Waals surface area contributed by atoms with Crippen LogP contribution in [0.1, 0.15) is 194 Å². The molecule has 0 radical (unpaired) electrons. The summed E-state index contributed by atoms with van der Waals surface area (Å²) in [6, 6.07) is 0. The third-order valence-electron chi connectivity index (χ3n) is 7.28. The summed E-state index contributed by atoms with van der Waals surface area (Å²) in [6.07, 6.45) is 40.1. The highest BCUT2D eigenvalue weighted by Gasteiger charge is 1.96. The van der Waals surface area contributed by atoms with Crippen LogP contribution in [0, 0.1) is 0 Å². The van der Waals surface area contributed by atoms with Crippen molar-refractivity contribution in [3.8, 4) is 0 Å². The lowest BCUT2D eigenvalue weighted by atomic mass is 10.0. The van der Waals surface area contributed by atoms with Crippen molar-refractivity contribution in [3.63, 3.8) is 0 Å². The molecule has 0 saturated heterocycles. The standard InChI is InChI=1S/C32H66O.C2H4/c1-3-5-7-9-11-13-15-17-19-21-23-25-27-29-31-33-32-30-28-26-24-22-20-18-16-14-12-10-8-6-4-2;1-2/h3-32H2,1-2H3;1-2H2. The smallest absolute Gasteiger partial charge is 0.0466 e. The van der Waals surface area contributed by atoms with E-state index in [0.29, 0.717) is 0 Å². The summed E-state index contributed by atoms with van der Waals surface area (Å²) >= 11 is 0. The maximum Gasteiger partial charge on any atom is 0.0466 e. The Bertz CT molecular complexity index is 297. The molecule has 0 unspecified atom stereocenters. The first-order chi connectivity index (χ1) is 17.4. The van der Waals surface area contributed by atoms with Crippen LogP contribution in [0.3, 0.4) is 0 Å². The van der Waals surface area contributed by atoms with Crippen molar-refractivity contribution in [2.45, 2.75) is 194 Å². The summed E-state index contributed by atoms with van der Waals surface area (Å²) in [6.45, 7) is 12.6. The van der Waals surface area contributed by atoms with Gasteiger partial charge in [-0.3, -0.25) is 0 Å². The van der Waals surface area contributed by atoms with E-state index in [1.54, 1.807) is 0 Å². The Morgan fingerprint density at radius 1 is 0.286 bits per heavy atom. The predicted octanol–water partition coefficient (Wildman–Crippen LogP) is 12.8. The molecule has 212 valence electrons. The van der Waals surface area contributed by atoms with E-state index in [0.717, 1.165) is 13.2 Å². The molecule has 0 N–H and O–H groups in total. The minimum atomic E-state index is 0.997. The lowest BCUT2D eigenvalue weighted by molar-refractivity contribution is 0.125. The van der Waals surface area contributed by atoms with Gasteiger partial charge < -0.3 is 4.74 Å². The van der Waals surface area contributed by atoms with Crippen molar-refractivity contribution in [1.29, 1.82) is 0 Å². The van der Waals surface area contributed by atoms with E-state index in [4.69, 9.17) is 4.74 Å². The quantitative estimate of drug-likeness (QED) is 0.0712. The second-order valence-electron chi connectivity index (χ2n) is 10.8. The molecule has 0 aromatic rings. The van der Waals surface area contributed by atoms with Crippen LogP contribution in [0.25, 0.3) is 0 Å². The normalized spacial score (nSPS) is 10.9. The van der Waals surface area contributed by atoms with Crippen molar-refractivity contribution < 1.29 is 4.74 Å². The first-order valence-electron chi connectivity index (χ1n) is 16.5. The molecule has 0 atom stereocenters. The third-order valence-corrected chi connectivity index (χ3v) is 7.28. The molecule has 0 bridgehead atoms. The molecule has 0 spiro atoms. The zero-order valence-electron chi connectivity index (χ0n) is 25.0. The zero-order valence-corrected chi connectivity index (χ0v) is 25.0. The van der Waals surface area contributed by atoms with Gasteiger partial charge in [0.25, 0.3) is 0 Å². The Morgan fingerprint density at radius 2 is 0.457 bits per heavy atom. The van der Waals surface area contributed by atoms with Gasteiger partial charge in [0.15, 0.2) is 0 Å². The average Bonchev–Trinajstić information content (AvgIpc) is 2.89. The molecule has 1 heteroatoms. The molecule has 0 aromatic heterocycles. The van der Waals surface area contributed by atoms with Crippen LogP contribution < -0.4 is 0 Å². The Hall–Kier alpha value is -0.300. The molecular formula is C34H70O. The average molecular weight is 495 g/mol. The van der Waals surface area contributed by atoms with Gasteiger partial charge >= 0.3 is 0 Å². The maximum atomic E-state index is 5.85. The van der Waals surface area contributed by atoms with E-state index in [1.807, 2.05) is 0 Å². The first-order valence-corrected chi connectivity index (χ1v) is 16.5. The third kappa shape index (κ3) is 38.4. The summed E-state index contributed by atoms with van der Waals surface area (Å²) in [7, 11) is 0. The topological polar surface area (TPSA) is 9.23 Å². The molecule has 35 heavy (non-hydrogen) atoms. The summed E-state index contributed by atoms with van der Waals surface area (Å²) in [5.74, 6) is 0. The van der Waals surface area contributed by atoms with E-state index >= 15 is 0 Å². The van der Waals surface area contributed by atoms with Gasteiger partial charge in [-0.05, 0) is 12.8 Å². The van der Waals surface area contributed by atoms with Crippen molar-refractivity contribution in [3.05, 3.63) is 13.2 Å². The lowest BCUT2D eigenvalue weighted by Gasteiger charge is -2.05. The Labute approximate surface area is 224 Å². The van der Waals surface area contributed by atoms with Crippen LogP contribution in [0.15, 0.2) is 13.2 Å².